The second-order valence-electron chi connectivity index (χ2n) is 6.69. The Morgan fingerprint density at radius 3 is 3.00 bits per heavy atom. The van der Waals surface area contributed by atoms with Gasteiger partial charge in [-0.1, -0.05) is 0 Å². The van der Waals surface area contributed by atoms with Crippen LogP contribution in [0.25, 0.3) is 27.7 Å². The zero-order valence-electron chi connectivity index (χ0n) is 16.1. The minimum atomic E-state index is -0.243. The van der Waals surface area contributed by atoms with Gasteiger partial charge in [-0.2, -0.15) is 10.1 Å². The highest BCUT2D eigenvalue weighted by Crippen LogP contribution is 2.29. The van der Waals surface area contributed by atoms with E-state index in [0.717, 1.165) is 28.7 Å². The third-order valence-electron chi connectivity index (χ3n) is 4.76. The number of nitrogens with zero attached hydrogens (tertiary/aromatic N) is 5. The lowest BCUT2D eigenvalue weighted by Crippen LogP contribution is -2.11. The fourth-order valence-corrected chi connectivity index (χ4v) is 3.35. The molecule has 5 rings (SSSR count). The third kappa shape index (κ3) is 3.12. The van der Waals surface area contributed by atoms with E-state index in [-0.39, 0.29) is 5.91 Å². The van der Waals surface area contributed by atoms with Crippen molar-refractivity contribution in [2.45, 2.75) is 6.92 Å². The van der Waals surface area contributed by atoms with Crippen LogP contribution in [-0.4, -0.2) is 42.0 Å². The van der Waals surface area contributed by atoms with Crippen molar-refractivity contribution in [2.24, 2.45) is 0 Å². The number of carbonyl (C=O) groups is 1. The maximum Gasteiger partial charge on any atom is 0.259 e. The highest BCUT2D eigenvalue weighted by atomic mass is 16.1. The van der Waals surface area contributed by atoms with Crippen molar-refractivity contribution in [1.29, 1.82) is 0 Å². The summed E-state index contributed by atoms with van der Waals surface area (Å²) >= 11 is 0. The molecule has 9 heteroatoms. The van der Waals surface area contributed by atoms with Gasteiger partial charge in [0.1, 0.15) is 5.65 Å². The minimum Gasteiger partial charge on any atom is -0.354 e. The molecule has 0 radical (unpaired) electrons. The summed E-state index contributed by atoms with van der Waals surface area (Å²) in [6, 6.07) is 7.44. The topological polar surface area (TPSA) is 113 Å². The van der Waals surface area contributed by atoms with Gasteiger partial charge in [-0.3, -0.25) is 9.78 Å². The second-order valence-corrected chi connectivity index (χ2v) is 6.69. The molecule has 0 unspecified atom stereocenters. The van der Waals surface area contributed by atoms with Crippen molar-refractivity contribution >= 4 is 34.1 Å². The van der Waals surface area contributed by atoms with E-state index in [9.17, 15) is 4.79 Å². The van der Waals surface area contributed by atoms with Gasteiger partial charge in [0, 0.05) is 42.3 Å². The molecule has 148 valence electrons. The summed E-state index contributed by atoms with van der Waals surface area (Å²) in [5.74, 6) is 0.340. The Morgan fingerprint density at radius 2 is 2.17 bits per heavy atom. The van der Waals surface area contributed by atoms with Crippen molar-refractivity contribution in [3.63, 3.8) is 0 Å². The molecular weight excluding hydrogens is 380 g/mol. The maximum atomic E-state index is 12.8. The fraction of sp³-hybridized carbons (Fsp3) is 0.0952. The number of anilines is 2. The van der Waals surface area contributed by atoms with Gasteiger partial charge in [0.2, 0.25) is 5.95 Å². The van der Waals surface area contributed by atoms with Crippen LogP contribution in [0.1, 0.15) is 17.3 Å². The van der Waals surface area contributed by atoms with Crippen molar-refractivity contribution in [1.82, 2.24) is 29.5 Å². The number of carbonyl (C=O) groups excluding carboxylic acids is 1. The van der Waals surface area contributed by atoms with E-state index >= 15 is 0 Å². The van der Waals surface area contributed by atoms with Gasteiger partial charge in [-0.25, -0.2) is 9.50 Å². The van der Waals surface area contributed by atoms with Crippen LogP contribution in [0.4, 0.5) is 11.6 Å². The summed E-state index contributed by atoms with van der Waals surface area (Å²) in [6.07, 6.45) is 10.3. The van der Waals surface area contributed by atoms with Gasteiger partial charge in [0.25, 0.3) is 5.91 Å². The Bertz CT molecular complexity index is 1360. The first-order chi connectivity index (χ1) is 14.7. The number of amides is 1. The van der Waals surface area contributed by atoms with Crippen LogP contribution < -0.4 is 10.6 Å². The molecule has 0 aromatic carbocycles. The number of hydrogen-bond acceptors (Lipinski definition) is 6. The van der Waals surface area contributed by atoms with E-state index in [1.54, 1.807) is 41.4 Å². The molecule has 5 heterocycles. The fourth-order valence-electron chi connectivity index (χ4n) is 3.35. The molecular formula is C21H18N8O. The molecule has 3 N–H and O–H groups in total. The van der Waals surface area contributed by atoms with Crippen molar-refractivity contribution in [2.75, 3.05) is 17.2 Å². The first-order valence-corrected chi connectivity index (χ1v) is 9.50. The van der Waals surface area contributed by atoms with Gasteiger partial charge in [-0.05, 0) is 36.8 Å². The molecule has 1 amide bonds. The summed E-state index contributed by atoms with van der Waals surface area (Å²) in [5.41, 5.74) is 4.45. The lowest BCUT2D eigenvalue weighted by molar-refractivity contribution is 0.102. The van der Waals surface area contributed by atoms with Crippen LogP contribution >= 0.6 is 0 Å². The largest absolute Gasteiger partial charge is 0.354 e. The number of H-pyrrole nitrogens is 1. The van der Waals surface area contributed by atoms with Crippen LogP contribution in [0.5, 0.6) is 0 Å². The molecule has 0 aliphatic heterocycles. The van der Waals surface area contributed by atoms with Gasteiger partial charge >= 0.3 is 0 Å². The van der Waals surface area contributed by atoms with E-state index in [1.807, 2.05) is 31.5 Å². The van der Waals surface area contributed by atoms with E-state index in [1.165, 1.54) is 0 Å². The number of pyridine rings is 2. The molecule has 0 aliphatic carbocycles. The van der Waals surface area contributed by atoms with E-state index in [4.69, 9.17) is 0 Å². The molecule has 0 fully saturated rings. The number of aromatic nitrogens is 6. The average Bonchev–Trinajstić information content (AvgIpc) is 3.38. The standard InChI is InChI=1S/C21H18N8O/c1-2-23-21-25-11-16-15(10-24-19(16)28-21)13-5-7-29-18(8-13)17(12-26-29)20(30)27-14-4-3-6-22-9-14/h3-12H,2H2,1H3,(H,27,30)(H2,23,24,25,28). The monoisotopic (exact) mass is 398 g/mol. The number of nitrogens with one attached hydrogen (secondary N) is 3. The summed E-state index contributed by atoms with van der Waals surface area (Å²) < 4.78 is 1.68. The minimum absolute atomic E-state index is 0.243. The number of hydrogen-bond donors (Lipinski definition) is 3. The first kappa shape index (κ1) is 17.8. The zero-order valence-corrected chi connectivity index (χ0v) is 16.1. The van der Waals surface area contributed by atoms with Crippen molar-refractivity contribution < 1.29 is 4.79 Å². The number of aromatic amines is 1. The first-order valence-electron chi connectivity index (χ1n) is 9.50. The van der Waals surface area contributed by atoms with Crippen LogP contribution in [0.3, 0.4) is 0 Å². The molecule has 0 saturated heterocycles. The van der Waals surface area contributed by atoms with E-state index in [0.29, 0.717) is 22.7 Å². The van der Waals surface area contributed by atoms with Gasteiger partial charge in [0.05, 0.1) is 29.2 Å². The molecule has 0 atom stereocenters. The Morgan fingerprint density at radius 1 is 1.23 bits per heavy atom. The van der Waals surface area contributed by atoms with Crippen LogP contribution in [-0.2, 0) is 0 Å². The van der Waals surface area contributed by atoms with Crippen LogP contribution in [0, 0.1) is 0 Å². The lowest BCUT2D eigenvalue weighted by atomic mass is 10.1. The SMILES string of the molecule is CCNc1ncc2c(-c3ccn4ncc(C(=O)Nc5cccnc5)c4c3)c[nH]c2n1. The Labute approximate surface area is 171 Å². The summed E-state index contributed by atoms with van der Waals surface area (Å²) in [7, 11) is 0. The second kappa shape index (κ2) is 7.28. The quantitative estimate of drug-likeness (QED) is 0.418. The van der Waals surface area contributed by atoms with Crippen molar-refractivity contribution in [3.8, 4) is 11.1 Å². The average molecular weight is 398 g/mol. The maximum absolute atomic E-state index is 12.8. The molecule has 5 aromatic rings. The highest BCUT2D eigenvalue weighted by molar-refractivity contribution is 6.09. The Kier molecular flexibility index (Phi) is 4.32. The molecule has 5 aromatic heterocycles. The molecule has 0 bridgehead atoms. The molecule has 0 saturated carbocycles. The Balaban J connectivity index is 1.53. The summed E-state index contributed by atoms with van der Waals surface area (Å²) in [6.45, 7) is 2.75. The van der Waals surface area contributed by atoms with Crippen LogP contribution in [0.2, 0.25) is 0 Å². The smallest absolute Gasteiger partial charge is 0.259 e. The number of rotatable bonds is 5. The molecule has 0 spiro atoms. The molecule has 30 heavy (non-hydrogen) atoms. The zero-order chi connectivity index (χ0) is 20.5. The van der Waals surface area contributed by atoms with E-state index in [2.05, 4.69) is 35.7 Å². The summed E-state index contributed by atoms with van der Waals surface area (Å²) in [5, 5.41) is 11.2. The van der Waals surface area contributed by atoms with Gasteiger partial charge in [-0.15, -0.1) is 0 Å². The highest BCUT2D eigenvalue weighted by Gasteiger charge is 2.15. The van der Waals surface area contributed by atoms with Crippen LogP contribution in [0.15, 0.2) is 61.4 Å². The normalized spacial score (nSPS) is 11.1. The predicted octanol–water partition coefficient (Wildman–Crippen LogP) is 3.35. The Hall–Kier alpha value is -4.27. The van der Waals surface area contributed by atoms with Crippen molar-refractivity contribution in [3.05, 3.63) is 67.0 Å². The predicted molar refractivity (Wildman–Crippen MR) is 114 cm³/mol. The van der Waals surface area contributed by atoms with Gasteiger partial charge < -0.3 is 15.6 Å². The lowest BCUT2D eigenvalue weighted by Gasteiger charge is -2.05. The molecule has 0 aliphatic rings. The number of fused-ring (bicyclic) bond motifs is 2. The summed E-state index contributed by atoms with van der Waals surface area (Å²) in [4.78, 5) is 28.9. The van der Waals surface area contributed by atoms with E-state index < -0.39 is 0 Å². The molecule has 9 nitrogen and oxygen atoms in total. The van der Waals surface area contributed by atoms with Gasteiger partial charge in [0.15, 0.2) is 0 Å². The third-order valence-corrected chi connectivity index (χ3v) is 4.76.